The second-order valence-corrected chi connectivity index (χ2v) is 3.39. The lowest BCUT2D eigenvalue weighted by molar-refractivity contribution is 0.0735. The molecule has 1 atom stereocenters. The molecule has 2 rings (SSSR count). The van der Waals surface area contributed by atoms with Crippen LogP contribution in [-0.2, 0) is 0 Å². The van der Waals surface area contributed by atoms with Crippen LogP contribution in [0.25, 0.3) is 0 Å². The van der Waals surface area contributed by atoms with Crippen LogP contribution in [0, 0.1) is 0 Å². The number of carbonyl (C=O) groups excluding carboxylic acids is 1. The number of rotatable bonds is 2. The number of nitrogens with one attached hydrogen (secondary N) is 1. The van der Waals surface area contributed by atoms with Gasteiger partial charge in [-0.25, -0.2) is 0 Å². The summed E-state index contributed by atoms with van der Waals surface area (Å²) in [4.78, 5) is 13.6. The lowest BCUT2D eigenvalue weighted by atomic mass is 10.2. The van der Waals surface area contributed by atoms with Crippen LogP contribution >= 0.6 is 0 Å². The molecule has 1 amide bonds. The maximum absolute atomic E-state index is 11.8. The van der Waals surface area contributed by atoms with E-state index in [1.807, 2.05) is 0 Å². The van der Waals surface area contributed by atoms with Gasteiger partial charge in [-0.15, -0.1) is 0 Å². The van der Waals surface area contributed by atoms with E-state index in [2.05, 4.69) is 15.4 Å². The zero-order chi connectivity index (χ0) is 9.97. The van der Waals surface area contributed by atoms with E-state index in [1.165, 1.54) is 6.20 Å². The minimum Gasteiger partial charge on any atom is -0.333 e. The zero-order valence-corrected chi connectivity index (χ0v) is 7.81. The molecule has 1 aliphatic heterocycles. The predicted octanol–water partition coefficient (Wildman–Crippen LogP) is -0.632. The second kappa shape index (κ2) is 3.75. The second-order valence-electron chi connectivity index (χ2n) is 3.39. The molecule has 1 aliphatic rings. The minimum atomic E-state index is -0.0771. The van der Waals surface area contributed by atoms with Crippen molar-refractivity contribution in [1.29, 1.82) is 0 Å². The molecule has 3 N–H and O–H groups in total. The fourth-order valence-corrected chi connectivity index (χ4v) is 1.80. The van der Waals surface area contributed by atoms with Crippen molar-refractivity contribution in [2.45, 2.75) is 18.9 Å². The first-order chi connectivity index (χ1) is 6.83. The standard InChI is InChI=1S/C8H13N5O/c9-4-6-2-1-3-13(6)8(14)7-5-10-12-11-7/h5-6H,1-4,9H2,(H,10,11,12). The monoisotopic (exact) mass is 195 g/mol. The number of carbonyl (C=O) groups is 1. The van der Waals surface area contributed by atoms with E-state index in [9.17, 15) is 4.79 Å². The molecule has 1 fully saturated rings. The van der Waals surface area contributed by atoms with Crippen LogP contribution in [0.15, 0.2) is 6.20 Å². The molecular weight excluding hydrogens is 182 g/mol. The van der Waals surface area contributed by atoms with Crippen LogP contribution in [0.1, 0.15) is 23.3 Å². The number of aromatic amines is 1. The summed E-state index contributed by atoms with van der Waals surface area (Å²) in [5.41, 5.74) is 5.94. The van der Waals surface area contributed by atoms with Gasteiger partial charge in [0, 0.05) is 19.1 Å². The quantitative estimate of drug-likeness (QED) is 0.657. The first-order valence-corrected chi connectivity index (χ1v) is 4.69. The lowest BCUT2D eigenvalue weighted by Crippen LogP contribution is -2.40. The summed E-state index contributed by atoms with van der Waals surface area (Å²) in [6.07, 6.45) is 3.44. The van der Waals surface area contributed by atoms with Gasteiger partial charge >= 0.3 is 0 Å². The third kappa shape index (κ3) is 1.48. The van der Waals surface area contributed by atoms with E-state index in [4.69, 9.17) is 5.73 Å². The van der Waals surface area contributed by atoms with E-state index in [0.29, 0.717) is 12.2 Å². The van der Waals surface area contributed by atoms with E-state index >= 15 is 0 Å². The largest absolute Gasteiger partial charge is 0.333 e. The molecule has 76 valence electrons. The summed E-state index contributed by atoms with van der Waals surface area (Å²) in [5.74, 6) is -0.0771. The molecule has 1 aromatic heterocycles. The van der Waals surface area contributed by atoms with Gasteiger partial charge in [0.05, 0.1) is 6.20 Å². The molecule has 2 heterocycles. The van der Waals surface area contributed by atoms with Crippen molar-refractivity contribution in [2.75, 3.05) is 13.1 Å². The summed E-state index contributed by atoms with van der Waals surface area (Å²) >= 11 is 0. The van der Waals surface area contributed by atoms with Crippen molar-refractivity contribution in [3.05, 3.63) is 11.9 Å². The Morgan fingerprint density at radius 3 is 3.29 bits per heavy atom. The first kappa shape index (κ1) is 9.14. The molecule has 1 unspecified atom stereocenters. The molecule has 0 radical (unpaired) electrons. The number of likely N-dealkylation sites (tertiary alicyclic amines) is 1. The normalized spacial score (nSPS) is 21.5. The van der Waals surface area contributed by atoms with Gasteiger partial charge in [-0.2, -0.15) is 15.4 Å². The SMILES string of the molecule is NCC1CCCN1C(=O)c1cn[nH]n1. The fourth-order valence-electron chi connectivity index (χ4n) is 1.80. The molecule has 6 nitrogen and oxygen atoms in total. The van der Waals surface area contributed by atoms with Gasteiger partial charge in [0.2, 0.25) is 0 Å². The summed E-state index contributed by atoms with van der Waals surface area (Å²) in [7, 11) is 0. The predicted molar refractivity (Wildman–Crippen MR) is 49.5 cm³/mol. The minimum absolute atomic E-state index is 0.0771. The highest BCUT2D eigenvalue weighted by Gasteiger charge is 2.29. The van der Waals surface area contributed by atoms with Crippen LogP contribution in [-0.4, -0.2) is 45.3 Å². The van der Waals surface area contributed by atoms with E-state index in [0.717, 1.165) is 19.4 Å². The molecule has 0 saturated carbocycles. The number of nitrogens with two attached hydrogens (primary N) is 1. The highest BCUT2D eigenvalue weighted by Crippen LogP contribution is 2.17. The maximum atomic E-state index is 11.8. The highest BCUT2D eigenvalue weighted by atomic mass is 16.2. The van der Waals surface area contributed by atoms with Gasteiger partial charge < -0.3 is 10.6 Å². The van der Waals surface area contributed by atoms with Crippen LogP contribution in [0.4, 0.5) is 0 Å². The molecule has 1 aromatic rings. The summed E-state index contributed by atoms with van der Waals surface area (Å²) in [6.45, 7) is 1.29. The van der Waals surface area contributed by atoms with Crippen molar-refractivity contribution < 1.29 is 4.79 Å². The van der Waals surface area contributed by atoms with Crippen molar-refractivity contribution >= 4 is 5.91 Å². The van der Waals surface area contributed by atoms with Crippen LogP contribution < -0.4 is 5.73 Å². The van der Waals surface area contributed by atoms with Crippen molar-refractivity contribution in [1.82, 2.24) is 20.3 Å². The number of hydrogen-bond acceptors (Lipinski definition) is 4. The molecule has 0 bridgehead atoms. The topological polar surface area (TPSA) is 87.9 Å². The molecule has 1 saturated heterocycles. The number of hydrogen-bond donors (Lipinski definition) is 2. The Balaban J connectivity index is 2.11. The number of nitrogens with zero attached hydrogens (tertiary/aromatic N) is 3. The van der Waals surface area contributed by atoms with Crippen LogP contribution in [0.3, 0.4) is 0 Å². The Morgan fingerprint density at radius 1 is 1.79 bits per heavy atom. The van der Waals surface area contributed by atoms with Crippen molar-refractivity contribution in [3.63, 3.8) is 0 Å². The van der Waals surface area contributed by atoms with Gasteiger partial charge in [0.1, 0.15) is 0 Å². The van der Waals surface area contributed by atoms with Gasteiger partial charge in [0.25, 0.3) is 5.91 Å². The number of aromatic nitrogens is 3. The average molecular weight is 195 g/mol. The summed E-state index contributed by atoms with van der Waals surface area (Å²) in [6, 6.07) is 0.166. The van der Waals surface area contributed by atoms with Crippen molar-refractivity contribution in [2.24, 2.45) is 5.73 Å². The molecule has 6 heteroatoms. The van der Waals surface area contributed by atoms with Gasteiger partial charge in [-0.1, -0.05) is 0 Å². The van der Waals surface area contributed by atoms with Crippen LogP contribution in [0.5, 0.6) is 0 Å². The number of H-pyrrole nitrogens is 1. The Kier molecular flexibility index (Phi) is 2.45. The summed E-state index contributed by atoms with van der Waals surface area (Å²) in [5, 5.41) is 9.80. The number of amides is 1. The summed E-state index contributed by atoms with van der Waals surface area (Å²) < 4.78 is 0. The van der Waals surface area contributed by atoms with E-state index in [-0.39, 0.29) is 11.9 Å². The Hall–Kier alpha value is -1.43. The smallest absolute Gasteiger partial charge is 0.276 e. The van der Waals surface area contributed by atoms with E-state index in [1.54, 1.807) is 4.90 Å². The van der Waals surface area contributed by atoms with Gasteiger partial charge in [0.15, 0.2) is 5.69 Å². The first-order valence-electron chi connectivity index (χ1n) is 4.69. The Labute approximate surface area is 81.5 Å². The Morgan fingerprint density at radius 2 is 2.64 bits per heavy atom. The molecule has 14 heavy (non-hydrogen) atoms. The molecule has 0 aliphatic carbocycles. The zero-order valence-electron chi connectivity index (χ0n) is 7.81. The third-order valence-corrected chi connectivity index (χ3v) is 2.54. The van der Waals surface area contributed by atoms with Gasteiger partial charge in [-0.05, 0) is 12.8 Å². The van der Waals surface area contributed by atoms with Crippen molar-refractivity contribution in [3.8, 4) is 0 Å². The average Bonchev–Trinajstić information content (AvgIpc) is 2.87. The molecule has 0 spiro atoms. The van der Waals surface area contributed by atoms with Gasteiger partial charge in [-0.3, -0.25) is 4.79 Å². The Bertz CT molecular complexity index is 310. The fraction of sp³-hybridized carbons (Fsp3) is 0.625. The van der Waals surface area contributed by atoms with E-state index < -0.39 is 0 Å². The molecule has 0 aromatic carbocycles. The molecular formula is C8H13N5O. The highest BCUT2D eigenvalue weighted by molar-refractivity contribution is 5.92. The lowest BCUT2D eigenvalue weighted by Gasteiger charge is -2.21. The maximum Gasteiger partial charge on any atom is 0.276 e. The third-order valence-electron chi connectivity index (χ3n) is 2.54. The van der Waals surface area contributed by atoms with Crippen LogP contribution in [0.2, 0.25) is 0 Å².